The molecule has 1 aliphatic heterocycles. The Morgan fingerprint density at radius 3 is 2.65 bits per heavy atom. The smallest absolute Gasteiger partial charge is 0.407 e. The van der Waals surface area contributed by atoms with Crippen LogP contribution in [0.4, 0.5) is 4.79 Å². The predicted molar refractivity (Wildman–Crippen MR) is 71.7 cm³/mol. The maximum Gasteiger partial charge on any atom is 0.407 e. The summed E-state index contributed by atoms with van der Waals surface area (Å²) in [5.74, 6) is -0.0612. The fourth-order valence-corrected chi connectivity index (χ4v) is 3.12. The molecule has 2 amide bonds. The van der Waals surface area contributed by atoms with Crippen LogP contribution in [0.2, 0.25) is 0 Å². The van der Waals surface area contributed by atoms with Crippen molar-refractivity contribution < 1.29 is 14.3 Å². The average molecular weight is 279 g/mol. The van der Waals surface area contributed by atoms with E-state index in [1.54, 1.807) is 4.90 Å². The minimum atomic E-state index is -0.835. The van der Waals surface area contributed by atoms with E-state index in [2.05, 4.69) is 16.1 Å². The van der Waals surface area contributed by atoms with Gasteiger partial charge in [-0.1, -0.05) is 19.3 Å². The number of amides is 2. The van der Waals surface area contributed by atoms with Gasteiger partial charge in [0.2, 0.25) is 5.91 Å². The third kappa shape index (κ3) is 2.87. The number of carbonyl (C=O) groups is 2. The molecule has 0 aromatic rings. The highest BCUT2D eigenvalue weighted by Crippen LogP contribution is 2.38. The number of nitriles is 1. The Kier molecular flexibility index (Phi) is 4.48. The van der Waals surface area contributed by atoms with Gasteiger partial charge >= 0.3 is 6.09 Å². The van der Waals surface area contributed by atoms with Crippen molar-refractivity contribution >= 4 is 12.0 Å². The first kappa shape index (κ1) is 14.6. The van der Waals surface area contributed by atoms with E-state index in [-0.39, 0.29) is 11.9 Å². The Hall–Kier alpha value is -1.77. The molecule has 1 saturated heterocycles. The van der Waals surface area contributed by atoms with Crippen molar-refractivity contribution in [2.45, 2.75) is 44.6 Å². The topological polar surface area (TPSA) is 82.4 Å². The molecular formula is C14H21N3O3. The molecule has 20 heavy (non-hydrogen) atoms. The van der Waals surface area contributed by atoms with Crippen LogP contribution in [0.15, 0.2) is 0 Å². The van der Waals surface area contributed by atoms with Gasteiger partial charge < -0.3 is 15.0 Å². The van der Waals surface area contributed by atoms with E-state index in [1.807, 2.05) is 0 Å². The Labute approximate surface area is 119 Å². The molecule has 110 valence electrons. The Bertz CT molecular complexity index is 424. The standard InChI is InChI=1S/C14H21N3O3/c1-20-13(19)16-11-5-8-17(9-11)12(18)14(10-15)6-3-2-4-7-14/h11H,2-9H2,1H3,(H,16,19). The summed E-state index contributed by atoms with van der Waals surface area (Å²) in [5, 5.41) is 12.1. The Morgan fingerprint density at radius 1 is 1.35 bits per heavy atom. The highest BCUT2D eigenvalue weighted by molar-refractivity contribution is 5.86. The number of methoxy groups -OCH3 is 1. The molecule has 0 bridgehead atoms. The Balaban J connectivity index is 1.97. The van der Waals surface area contributed by atoms with Crippen molar-refractivity contribution in [3.05, 3.63) is 0 Å². The fraction of sp³-hybridized carbons (Fsp3) is 0.786. The second-order valence-corrected chi connectivity index (χ2v) is 5.63. The zero-order valence-electron chi connectivity index (χ0n) is 11.9. The lowest BCUT2D eigenvalue weighted by atomic mass is 9.74. The van der Waals surface area contributed by atoms with Crippen molar-refractivity contribution in [1.29, 1.82) is 5.26 Å². The zero-order valence-corrected chi connectivity index (χ0v) is 11.9. The number of hydrogen-bond donors (Lipinski definition) is 1. The molecule has 2 rings (SSSR count). The highest BCUT2D eigenvalue weighted by atomic mass is 16.5. The maximum atomic E-state index is 12.6. The van der Waals surface area contributed by atoms with Gasteiger partial charge in [0, 0.05) is 13.1 Å². The van der Waals surface area contributed by atoms with E-state index < -0.39 is 11.5 Å². The van der Waals surface area contributed by atoms with Crippen LogP contribution in [0, 0.1) is 16.7 Å². The summed E-state index contributed by atoms with van der Waals surface area (Å²) in [6.07, 6.45) is 4.54. The van der Waals surface area contributed by atoms with Crippen LogP contribution in [0.25, 0.3) is 0 Å². The molecule has 2 fully saturated rings. The number of alkyl carbamates (subject to hydrolysis) is 1. The molecule has 1 saturated carbocycles. The van der Waals surface area contributed by atoms with Crippen molar-refractivity contribution in [1.82, 2.24) is 10.2 Å². The van der Waals surface area contributed by atoms with E-state index in [9.17, 15) is 14.9 Å². The monoisotopic (exact) mass is 279 g/mol. The lowest BCUT2D eigenvalue weighted by Crippen LogP contribution is -2.45. The van der Waals surface area contributed by atoms with Crippen molar-refractivity contribution in [2.75, 3.05) is 20.2 Å². The van der Waals surface area contributed by atoms with Gasteiger partial charge in [-0.15, -0.1) is 0 Å². The van der Waals surface area contributed by atoms with Crippen LogP contribution < -0.4 is 5.32 Å². The lowest BCUT2D eigenvalue weighted by molar-refractivity contribution is -0.139. The molecule has 0 spiro atoms. The summed E-state index contributed by atoms with van der Waals surface area (Å²) < 4.78 is 4.56. The zero-order chi connectivity index (χ0) is 14.6. The van der Waals surface area contributed by atoms with Crippen molar-refractivity contribution in [3.63, 3.8) is 0 Å². The van der Waals surface area contributed by atoms with Crippen LogP contribution in [0.3, 0.4) is 0 Å². The fourth-order valence-electron chi connectivity index (χ4n) is 3.12. The third-order valence-electron chi connectivity index (χ3n) is 4.31. The van der Waals surface area contributed by atoms with E-state index >= 15 is 0 Å². The molecule has 6 nitrogen and oxygen atoms in total. The van der Waals surface area contributed by atoms with E-state index in [0.717, 1.165) is 19.3 Å². The highest BCUT2D eigenvalue weighted by Gasteiger charge is 2.44. The molecular weight excluding hydrogens is 258 g/mol. The molecule has 0 radical (unpaired) electrons. The minimum Gasteiger partial charge on any atom is -0.453 e. The van der Waals surface area contributed by atoms with Crippen molar-refractivity contribution in [2.24, 2.45) is 5.41 Å². The normalized spacial score (nSPS) is 24.8. The summed E-state index contributed by atoms with van der Waals surface area (Å²) in [7, 11) is 1.32. The van der Waals surface area contributed by atoms with Gasteiger partial charge in [0.25, 0.3) is 0 Å². The quantitative estimate of drug-likeness (QED) is 0.828. The molecule has 1 atom stereocenters. The molecule has 0 aromatic heterocycles. The second kappa shape index (κ2) is 6.12. The van der Waals surface area contributed by atoms with Gasteiger partial charge in [0.1, 0.15) is 5.41 Å². The molecule has 2 aliphatic rings. The number of rotatable bonds is 2. The molecule has 1 heterocycles. The summed E-state index contributed by atoms with van der Waals surface area (Å²) in [6, 6.07) is 2.18. The first-order valence-corrected chi connectivity index (χ1v) is 7.16. The SMILES string of the molecule is COC(=O)NC1CCN(C(=O)C2(C#N)CCCCC2)C1. The van der Waals surface area contributed by atoms with Gasteiger partial charge in [-0.25, -0.2) is 4.79 Å². The molecule has 1 unspecified atom stereocenters. The Morgan fingerprint density at radius 2 is 2.05 bits per heavy atom. The summed E-state index contributed by atoms with van der Waals surface area (Å²) in [4.78, 5) is 25.5. The average Bonchev–Trinajstić information content (AvgIpc) is 2.95. The second-order valence-electron chi connectivity index (χ2n) is 5.63. The number of carbonyl (C=O) groups excluding carboxylic acids is 2. The van der Waals surface area contributed by atoms with E-state index in [4.69, 9.17) is 0 Å². The van der Waals surface area contributed by atoms with Crippen LogP contribution >= 0.6 is 0 Å². The van der Waals surface area contributed by atoms with Gasteiger partial charge in [0.15, 0.2) is 0 Å². The van der Waals surface area contributed by atoms with Gasteiger partial charge in [-0.2, -0.15) is 5.26 Å². The van der Waals surface area contributed by atoms with Crippen LogP contribution in [-0.4, -0.2) is 43.1 Å². The number of nitrogens with zero attached hydrogens (tertiary/aromatic N) is 2. The van der Waals surface area contributed by atoms with Crippen LogP contribution in [-0.2, 0) is 9.53 Å². The van der Waals surface area contributed by atoms with Gasteiger partial charge in [-0.3, -0.25) is 4.79 Å². The van der Waals surface area contributed by atoms with Gasteiger partial charge in [0.05, 0.1) is 19.2 Å². The summed E-state index contributed by atoms with van der Waals surface area (Å²) in [5.41, 5.74) is -0.835. The van der Waals surface area contributed by atoms with Crippen molar-refractivity contribution in [3.8, 4) is 6.07 Å². The lowest BCUT2D eigenvalue weighted by Gasteiger charge is -2.33. The van der Waals surface area contributed by atoms with Crippen LogP contribution in [0.5, 0.6) is 0 Å². The van der Waals surface area contributed by atoms with E-state index in [1.165, 1.54) is 7.11 Å². The summed E-state index contributed by atoms with van der Waals surface area (Å²) >= 11 is 0. The first-order valence-electron chi connectivity index (χ1n) is 7.16. The van der Waals surface area contributed by atoms with E-state index in [0.29, 0.717) is 32.4 Å². The number of hydrogen-bond acceptors (Lipinski definition) is 4. The molecule has 1 aliphatic carbocycles. The summed E-state index contributed by atoms with van der Waals surface area (Å²) in [6.45, 7) is 1.06. The maximum absolute atomic E-state index is 12.6. The first-order chi connectivity index (χ1) is 9.61. The predicted octanol–water partition coefficient (Wildman–Crippen LogP) is 1.42. The van der Waals surface area contributed by atoms with Crippen LogP contribution in [0.1, 0.15) is 38.5 Å². The minimum absolute atomic E-state index is 0.0612. The number of ether oxygens (including phenoxy) is 1. The third-order valence-corrected chi connectivity index (χ3v) is 4.31. The number of nitrogens with one attached hydrogen (secondary N) is 1. The molecule has 6 heteroatoms. The van der Waals surface area contributed by atoms with Gasteiger partial charge in [-0.05, 0) is 19.3 Å². The largest absolute Gasteiger partial charge is 0.453 e. The molecule has 1 N–H and O–H groups in total. The molecule has 0 aromatic carbocycles. The number of likely N-dealkylation sites (tertiary alicyclic amines) is 1.